The Labute approximate surface area is 153 Å². The Morgan fingerprint density at radius 1 is 0.630 bits per heavy atom. The number of nitrogens with zero attached hydrogens (tertiary/aromatic N) is 2. The van der Waals surface area contributed by atoms with Crippen molar-refractivity contribution in [1.29, 1.82) is 0 Å². The molecule has 0 unspecified atom stereocenters. The summed E-state index contributed by atoms with van der Waals surface area (Å²) in [6.45, 7) is -0.0352. The van der Waals surface area contributed by atoms with E-state index in [0.29, 0.717) is 29.4 Å². The van der Waals surface area contributed by atoms with E-state index in [1.54, 1.807) is 0 Å². The van der Waals surface area contributed by atoms with Crippen LogP contribution in [0.3, 0.4) is 0 Å². The van der Waals surface area contributed by atoms with Crippen molar-refractivity contribution in [3.63, 3.8) is 0 Å². The number of amides is 4. The first-order valence-electron chi connectivity index (χ1n) is 8.29. The minimum atomic E-state index is -1.15. The van der Waals surface area contributed by atoms with Gasteiger partial charge in [0.05, 0.1) is 13.2 Å². The van der Waals surface area contributed by atoms with Crippen LogP contribution >= 0.6 is 0 Å². The molecule has 2 aliphatic rings. The number of hydrogen-bond acceptors (Lipinski definition) is 10. The molecule has 148 valence electrons. The number of hydroxylamine groups is 4. The number of unbranched alkanes of at least 4 members (excludes halogenated alkanes) is 2. The van der Waals surface area contributed by atoms with Crippen LogP contribution in [0.1, 0.15) is 44.9 Å². The van der Waals surface area contributed by atoms with Crippen molar-refractivity contribution in [3.05, 3.63) is 0 Å². The van der Waals surface area contributed by atoms with Crippen LogP contribution < -0.4 is 0 Å². The first kappa shape index (κ1) is 20.1. The molecule has 0 N–H and O–H groups in total. The van der Waals surface area contributed by atoms with E-state index in [0.717, 1.165) is 0 Å². The van der Waals surface area contributed by atoms with E-state index < -0.39 is 35.9 Å². The average molecular weight is 386 g/mol. The Balaban J connectivity index is 1.48. The summed E-state index contributed by atoms with van der Waals surface area (Å²) in [5.74, 6) is -2.40. The molecule has 4 amide bonds. The van der Waals surface area contributed by atoms with E-state index in [1.807, 2.05) is 0 Å². The number of imide groups is 2. The van der Waals surface area contributed by atoms with E-state index in [2.05, 4.69) is 9.68 Å². The van der Waals surface area contributed by atoms with Gasteiger partial charge in [-0.1, -0.05) is 10.1 Å². The molecule has 27 heavy (non-hydrogen) atoms. The average Bonchev–Trinajstić information content (AvgIpc) is 3.11. The van der Waals surface area contributed by atoms with Gasteiger partial charge < -0.3 is 9.47 Å². The fourth-order valence-corrected chi connectivity index (χ4v) is 2.21. The van der Waals surface area contributed by atoms with E-state index in [1.165, 1.54) is 0 Å². The van der Waals surface area contributed by atoms with Crippen LogP contribution in [0.2, 0.25) is 0 Å². The monoisotopic (exact) mass is 386 g/mol. The number of hydrogen-bond donors (Lipinski definition) is 0. The third-order valence-electron chi connectivity index (χ3n) is 3.57. The fourth-order valence-electron chi connectivity index (χ4n) is 2.21. The van der Waals surface area contributed by atoms with Gasteiger partial charge in [0.1, 0.15) is 0 Å². The molecule has 0 saturated carbocycles. The van der Waals surface area contributed by atoms with Crippen molar-refractivity contribution < 1.29 is 47.9 Å². The van der Waals surface area contributed by atoms with Crippen molar-refractivity contribution in [2.24, 2.45) is 0 Å². The normalized spacial score (nSPS) is 16.7. The predicted molar refractivity (Wildman–Crippen MR) is 80.9 cm³/mol. The number of carbonyl (C=O) groups excluding carboxylic acids is 6. The fraction of sp³-hybridized carbons (Fsp3) is 0.600. The number of ether oxygens (including phenoxy) is 2. The second-order valence-corrected chi connectivity index (χ2v) is 5.60. The lowest BCUT2D eigenvalue weighted by Crippen LogP contribution is -2.32. The van der Waals surface area contributed by atoms with Crippen molar-refractivity contribution in [1.82, 2.24) is 10.1 Å². The van der Waals surface area contributed by atoms with E-state index >= 15 is 0 Å². The molecule has 0 atom stereocenters. The van der Waals surface area contributed by atoms with Crippen LogP contribution in [0.25, 0.3) is 0 Å². The molecule has 2 fully saturated rings. The van der Waals surface area contributed by atoms with Gasteiger partial charge >= 0.3 is 12.3 Å². The molecule has 0 aliphatic carbocycles. The highest BCUT2D eigenvalue weighted by atomic mass is 16.8. The molecule has 0 aromatic carbocycles. The number of rotatable bonds is 8. The highest BCUT2D eigenvalue weighted by Gasteiger charge is 2.34. The maximum absolute atomic E-state index is 11.3. The molecule has 0 radical (unpaired) electrons. The Hall–Kier alpha value is -3.18. The van der Waals surface area contributed by atoms with Crippen molar-refractivity contribution in [2.75, 3.05) is 13.2 Å². The molecule has 12 heteroatoms. The SMILES string of the molecule is O=C(OCCCCCOC(=O)ON1C(=O)CCC1=O)ON1C(=O)CCC1=O. The molecule has 0 spiro atoms. The van der Waals surface area contributed by atoms with Crippen LogP contribution in [0.4, 0.5) is 9.59 Å². The topological polar surface area (TPSA) is 146 Å². The van der Waals surface area contributed by atoms with Crippen molar-refractivity contribution >= 4 is 35.9 Å². The maximum Gasteiger partial charge on any atom is 0.533 e. The second kappa shape index (κ2) is 9.50. The molecule has 2 rings (SSSR count). The van der Waals surface area contributed by atoms with Crippen LogP contribution in [-0.2, 0) is 38.3 Å². The minimum Gasteiger partial charge on any atom is -0.433 e. The Bertz CT molecular complexity index is 561. The van der Waals surface area contributed by atoms with Crippen molar-refractivity contribution in [3.8, 4) is 0 Å². The Morgan fingerprint density at radius 3 is 1.30 bits per heavy atom. The van der Waals surface area contributed by atoms with Gasteiger partial charge in [-0.25, -0.2) is 9.59 Å². The zero-order chi connectivity index (χ0) is 19.8. The van der Waals surface area contributed by atoms with E-state index in [9.17, 15) is 28.8 Å². The summed E-state index contributed by atoms with van der Waals surface area (Å²) < 4.78 is 9.44. The van der Waals surface area contributed by atoms with E-state index in [4.69, 9.17) is 9.47 Å². The van der Waals surface area contributed by atoms with Gasteiger partial charge in [-0.2, -0.15) is 0 Å². The lowest BCUT2D eigenvalue weighted by atomic mass is 10.2. The molecule has 0 bridgehead atoms. The molecule has 12 nitrogen and oxygen atoms in total. The van der Waals surface area contributed by atoms with Gasteiger partial charge in [-0.15, -0.1) is 0 Å². The first-order chi connectivity index (χ1) is 12.9. The van der Waals surface area contributed by atoms with Crippen LogP contribution in [0.15, 0.2) is 0 Å². The van der Waals surface area contributed by atoms with Crippen molar-refractivity contribution in [2.45, 2.75) is 44.9 Å². The quantitative estimate of drug-likeness (QED) is 0.330. The number of carbonyl (C=O) groups is 6. The summed E-state index contributed by atoms with van der Waals surface area (Å²) in [6, 6.07) is 0. The van der Waals surface area contributed by atoms with Crippen LogP contribution in [0, 0.1) is 0 Å². The zero-order valence-electron chi connectivity index (χ0n) is 14.3. The second-order valence-electron chi connectivity index (χ2n) is 5.60. The Kier molecular flexibility index (Phi) is 7.08. The lowest BCUT2D eigenvalue weighted by molar-refractivity contribution is -0.177. The van der Waals surface area contributed by atoms with Gasteiger partial charge in [-0.05, 0) is 19.3 Å². The summed E-state index contributed by atoms with van der Waals surface area (Å²) in [7, 11) is 0. The van der Waals surface area contributed by atoms with Gasteiger partial charge in [0.15, 0.2) is 0 Å². The maximum atomic E-state index is 11.3. The predicted octanol–water partition coefficient (Wildman–Crippen LogP) is 0.591. The molecular formula is C15H18N2O10. The van der Waals surface area contributed by atoms with Gasteiger partial charge in [0.25, 0.3) is 23.6 Å². The lowest BCUT2D eigenvalue weighted by Gasteiger charge is -2.12. The summed E-state index contributed by atoms with van der Waals surface area (Å²) in [4.78, 5) is 76.7. The standard InChI is InChI=1S/C15H18N2O10/c18-10-4-5-11(19)16(10)26-14(22)24-8-2-1-3-9-25-15(23)27-17-12(20)6-7-13(17)21/h1-9H2. The zero-order valence-corrected chi connectivity index (χ0v) is 14.3. The smallest absolute Gasteiger partial charge is 0.433 e. The highest BCUT2D eigenvalue weighted by molar-refractivity contribution is 6.01. The van der Waals surface area contributed by atoms with Gasteiger partial charge in [0, 0.05) is 25.7 Å². The molecule has 0 aromatic rings. The van der Waals surface area contributed by atoms with Gasteiger partial charge in [-0.3, -0.25) is 28.9 Å². The molecule has 2 aliphatic heterocycles. The van der Waals surface area contributed by atoms with Crippen LogP contribution in [-0.4, -0.2) is 59.3 Å². The molecule has 2 saturated heterocycles. The summed E-state index contributed by atoms with van der Waals surface area (Å²) in [5.41, 5.74) is 0. The largest absolute Gasteiger partial charge is 0.533 e. The summed E-state index contributed by atoms with van der Waals surface area (Å²) in [5, 5.41) is 0.773. The molecule has 2 heterocycles. The third kappa shape index (κ3) is 5.94. The molecule has 0 aromatic heterocycles. The Morgan fingerprint density at radius 2 is 0.963 bits per heavy atom. The highest BCUT2D eigenvalue weighted by Crippen LogP contribution is 2.13. The minimum absolute atomic E-state index is 0.00533. The van der Waals surface area contributed by atoms with Crippen LogP contribution in [0.5, 0.6) is 0 Å². The first-order valence-corrected chi connectivity index (χ1v) is 8.29. The summed E-state index contributed by atoms with van der Waals surface area (Å²) in [6.07, 6.45) is -0.982. The third-order valence-corrected chi connectivity index (χ3v) is 3.57. The van der Waals surface area contributed by atoms with E-state index in [-0.39, 0.29) is 38.9 Å². The molecular weight excluding hydrogens is 368 g/mol. The summed E-state index contributed by atoms with van der Waals surface area (Å²) >= 11 is 0. The van der Waals surface area contributed by atoms with Gasteiger partial charge in [0.2, 0.25) is 0 Å².